The summed E-state index contributed by atoms with van der Waals surface area (Å²) in [5, 5.41) is 0. The minimum Gasteiger partial charge on any atom is -0.371 e. The second-order valence-corrected chi connectivity index (χ2v) is 7.14. The van der Waals surface area contributed by atoms with Gasteiger partial charge in [-0.1, -0.05) is 47.0 Å². The molecule has 1 unspecified atom stereocenters. The fourth-order valence-corrected chi connectivity index (χ4v) is 4.37. The third kappa shape index (κ3) is 2.76. The zero-order valence-electron chi connectivity index (χ0n) is 12.5. The van der Waals surface area contributed by atoms with Gasteiger partial charge in [-0.2, -0.15) is 0 Å². The van der Waals surface area contributed by atoms with Crippen molar-refractivity contribution in [3.05, 3.63) is 34.3 Å². The third-order valence-electron chi connectivity index (χ3n) is 5.13. The molecule has 2 fully saturated rings. The predicted molar refractivity (Wildman–Crippen MR) is 85.9 cm³/mol. The van der Waals surface area contributed by atoms with E-state index in [-0.39, 0.29) is 17.4 Å². The van der Waals surface area contributed by atoms with Gasteiger partial charge in [0.05, 0.1) is 0 Å². The van der Waals surface area contributed by atoms with Crippen molar-refractivity contribution >= 4 is 21.8 Å². The third-order valence-corrected chi connectivity index (χ3v) is 5.90. The van der Waals surface area contributed by atoms with Crippen molar-refractivity contribution < 1.29 is 9.53 Å². The summed E-state index contributed by atoms with van der Waals surface area (Å²) in [6, 6.07) is 8.10. The molecular formula is C17H22BrNO2. The largest absolute Gasteiger partial charge is 0.371 e. The smallest absolute Gasteiger partial charge is 0.252 e. The molecule has 4 heteroatoms. The molecule has 3 rings (SSSR count). The average Bonchev–Trinajstić information content (AvgIpc) is 2.94. The van der Waals surface area contributed by atoms with E-state index < -0.39 is 0 Å². The first kappa shape index (κ1) is 15.0. The van der Waals surface area contributed by atoms with Crippen LogP contribution in [-0.4, -0.2) is 30.6 Å². The fraction of sp³-hybridized carbons (Fsp3) is 0.588. The number of ether oxygens (including phenoxy) is 1. The maximum absolute atomic E-state index is 12.8. The molecule has 1 aliphatic heterocycles. The number of rotatable bonds is 3. The summed E-state index contributed by atoms with van der Waals surface area (Å²) in [5.74, 6) is 0.168. The number of nitrogens with zero attached hydrogens (tertiary/aromatic N) is 1. The van der Waals surface area contributed by atoms with Crippen LogP contribution in [0.5, 0.6) is 0 Å². The van der Waals surface area contributed by atoms with Crippen LogP contribution in [0.25, 0.3) is 0 Å². The van der Waals surface area contributed by atoms with Crippen LogP contribution in [0.3, 0.4) is 0 Å². The molecule has 1 aliphatic carbocycles. The van der Waals surface area contributed by atoms with Crippen molar-refractivity contribution in [2.75, 3.05) is 13.7 Å². The summed E-state index contributed by atoms with van der Waals surface area (Å²) in [5.41, 5.74) is 1.26. The highest BCUT2D eigenvalue weighted by atomic mass is 79.9. The van der Waals surface area contributed by atoms with Gasteiger partial charge in [-0.3, -0.25) is 4.79 Å². The molecule has 21 heavy (non-hydrogen) atoms. The van der Waals surface area contributed by atoms with Crippen LogP contribution < -0.4 is 0 Å². The summed E-state index contributed by atoms with van der Waals surface area (Å²) >= 11 is 3.57. The molecule has 114 valence electrons. The first-order valence-corrected chi connectivity index (χ1v) is 8.51. The summed E-state index contributed by atoms with van der Waals surface area (Å²) in [6.07, 6.45) is 5.56. The van der Waals surface area contributed by atoms with E-state index in [0.717, 1.165) is 35.8 Å². The van der Waals surface area contributed by atoms with E-state index >= 15 is 0 Å². The Bertz CT molecular complexity index is 525. The number of methoxy groups -OCH3 is 1. The van der Waals surface area contributed by atoms with Gasteiger partial charge in [-0.05, 0) is 30.9 Å². The van der Waals surface area contributed by atoms with E-state index in [1.54, 1.807) is 7.11 Å². The number of benzene rings is 1. The normalized spacial score (nSPS) is 24.8. The summed E-state index contributed by atoms with van der Waals surface area (Å²) in [4.78, 5) is 14.8. The maximum atomic E-state index is 12.8. The molecule has 1 heterocycles. The van der Waals surface area contributed by atoms with Gasteiger partial charge in [-0.25, -0.2) is 0 Å². The van der Waals surface area contributed by atoms with Crippen molar-refractivity contribution in [2.45, 2.75) is 44.8 Å². The molecule has 0 bridgehead atoms. The van der Waals surface area contributed by atoms with Gasteiger partial charge in [0.15, 0.2) is 0 Å². The van der Waals surface area contributed by atoms with Crippen molar-refractivity contribution in [2.24, 2.45) is 5.41 Å². The predicted octanol–water partition coefficient (Wildman–Crippen LogP) is 3.76. The molecule has 3 nitrogen and oxygen atoms in total. The summed E-state index contributed by atoms with van der Waals surface area (Å²) < 4.78 is 6.70. The number of carbonyl (C=O) groups is 1. The molecule has 1 amide bonds. The minimum atomic E-state index is -0.253. The van der Waals surface area contributed by atoms with E-state index in [9.17, 15) is 4.79 Å². The zero-order chi connectivity index (χ0) is 14.9. The van der Waals surface area contributed by atoms with Gasteiger partial charge >= 0.3 is 0 Å². The van der Waals surface area contributed by atoms with Gasteiger partial charge in [0.2, 0.25) is 0 Å². The highest BCUT2D eigenvalue weighted by Gasteiger charge is 2.49. The molecule has 0 N–H and O–H groups in total. The van der Waals surface area contributed by atoms with Crippen LogP contribution >= 0.6 is 15.9 Å². The number of amides is 1. The van der Waals surface area contributed by atoms with Gasteiger partial charge < -0.3 is 9.64 Å². The maximum Gasteiger partial charge on any atom is 0.252 e. The lowest BCUT2D eigenvalue weighted by Gasteiger charge is -2.44. The van der Waals surface area contributed by atoms with Gasteiger partial charge in [0.25, 0.3) is 5.91 Å². The van der Waals surface area contributed by atoms with Crippen LogP contribution in [0.4, 0.5) is 0 Å². The highest BCUT2D eigenvalue weighted by Crippen LogP contribution is 2.48. The number of likely N-dealkylation sites (tertiary alicyclic amines) is 1. The van der Waals surface area contributed by atoms with E-state index in [1.165, 1.54) is 12.8 Å². The van der Waals surface area contributed by atoms with Gasteiger partial charge in [0.1, 0.15) is 6.10 Å². The van der Waals surface area contributed by atoms with Crippen molar-refractivity contribution in [3.63, 3.8) is 0 Å². The van der Waals surface area contributed by atoms with Crippen LogP contribution in [0.2, 0.25) is 0 Å². The highest BCUT2D eigenvalue weighted by molar-refractivity contribution is 9.10. The van der Waals surface area contributed by atoms with E-state index in [1.807, 2.05) is 23.1 Å². The molecule has 1 saturated carbocycles. The standard InChI is InChI=1S/C17H22BrNO2/c1-21-15-16(20)19(11-10-17(15)8-4-5-9-17)12-13-6-2-3-7-14(13)18/h2-3,6-7,15H,4-5,8-12H2,1H3. The zero-order valence-corrected chi connectivity index (χ0v) is 14.1. The SMILES string of the molecule is COC1C(=O)N(Cc2ccccc2Br)CCC12CCCC2. The lowest BCUT2D eigenvalue weighted by Crippen LogP contribution is -2.54. The molecule has 0 aromatic heterocycles. The number of halogens is 1. The number of carbonyl (C=O) groups excluding carboxylic acids is 1. The molecule has 1 aromatic rings. The summed E-state index contributed by atoms with van der Waals surface area (Å²) in [6.45, 7) is 1.51. The molecule has 1 saturated heterocycles. The second kappa shape index (κ2) is 6.09. The lowest BCUT2D eigenvalue weighted by molar-refractivity contribution is -0.160. The quantitative estimate of drug-likeness (QED) is 0.829. The number of piperidine rings is 1. The van der Waals surface area contributed by atoms with E-state index in [0.29, 0.717) is 6.54 Å². The van der Waals surface area contributed by atoms with Crippen molar-refractivity contribution in [1.29, 1.82) is 0 Å². The Balaban J connectivity index is 1.77. The first-order chi connectivity index (χ1) is 10.2. The molecule has 2 aliphatic rings. The lowest BCUT2D eigenvalue weighted by atomic mass is 9.74. The van der Waals surface area contributed by atoms with Crippen LogP contribution in [0.1, 0.15) is 37.7 Å². The fourth-order valence-electron chi connectivity index (χ4n) is 3.96. The van der Waals surface area contributed by atoms with Gasteiger partial charge in [-0.15, -0.1) is 0 Å². The van der Waals surface area contributed by atoms with Crippen LogP contribution in [-0.2, 0) is 16.1 Å². The Hall–Kier alpha value is -0.870. The van der Waals surface area contributed by atoms with Gasteiger partial charge in [0, 0.05) is 30.1 Å². The van der Waals surface area contributed by atoms with Crippen molar-refractivity contribution in [3.8, 4) is 0 Å². The topological polar surface area (TPSA) is 29.5 Å². The monoisotopic (exact) mass is 351 g/mol. The van der Waals surface area contributed by atoms with Crippen LogP contribution in [0, 0.1) is 5.41 Å². The number of hydrogen-bond donors (Lipinski definition) is 0. The van der Waals surface area contributed by atoms with E-state index in [4.69, 9.17) is 4.74 Å². The second-order valence-electron chi connectivity index (χ2n) is 6.29. The van der Waals surface area contributed by atoms with Crippen LogP contribution in [0.15, 0.2) is 28.7 Å². The molecule has 1 spiro atoms. The minimum absolute atomic E-state index is 0.107. The molecule has 1 atom stereocenters. The summed E-state index contributed by atoms with van der Waals surface area (Å²) in [7, 11) is 1.69. The van der Waals surface area contributed by atoms with Crippen molar-refractivity contribution in [1.82, 2.24) is 4.90 Å². The average molecular weight is 352 g/mol. The first-order valence-electron chi connectivity index (χ1n) is 7.71. The Morgan fingerprint density at radius 1 is 1.29 bits per heavy atom. The molecule has 1 aromatic carbocycles. The Morgan fingerprint density at radius 3 is 2.67 bits per heavy atom. The van der Waals surface area contributed by atoms with E-state index in [2.05, 4.69) is 22.0 Å². The Labute approximate surface area is 134 Å². The molecular weight excluding hydrogens is 330 g/mol. The Morgan fingerprint density at radius 2 is 2.00 bits per heavy atom. The number of hydrogen-bond acceptors (Lipinski definition) is 2. The molecule has 0 radical (unpaired) electrons. The Kier molecular flexibility index (Phi) is 4.36.